The van der Waals surface area contributed by atoms with Crippen LogP contribution in [0.2, 0.25) is 0 Å². The summed E-state index contributed by atoms with van der Waals surface area (Å²) in [6, 6.07) is 1.84. The molecule has 2 saturated heterocycles. The second-order valence-electron chi connectivity index (χ2n) is 7.27. The Morgan fingerprint density at radius 1 is 1.21 bits per heavy atom. The van der Waals surface area contributed by atoms with Gasteiger partial charge < -0.3 is 4.90 Å². The third kappa shape index (κ3) is 4.96. The molecule has 0 radical (unpaired) electrons. The number of rotatable bonds is 6. The van der Waals surface area contributed by atoms with Gasteiger partial charge in [0.25, 0.3) is 0 Å². The van der Waals surface area contributed by atoms with Crippen LogP contribution in [-0.2, 0) is 20.9 Å². The van der Waals surface area contributed by atoms with Crippen LogP contribution in [0.5, 0.6) is 0 Å². The predicted octanol–water partition coefficient (Wildman–Crippen LogP) is 2.90. The van der Waals surface area contributed by atoms with Gasteiger partial charge in [0, 0.05) is 31.9 Å². The molecule has 1 unspecified atom stereocenters. The highest BCUT2D eigenvalue weighted by molar-refractivity contribution is 7.92. The Hall–Kier alpha value is -1.39. The van der Waals surface area contributed by atoms with Gasteiger partial charge in [0.15, 0.2) is 9.84 Å². The van der Waals surface area contributed by atoms with Crippen molar-refractivity contribution in [2.75, 3.05) is 36.9 Å². The maximum Gasteiger partial charge on any atom is 0.416 e. The molecule has 28 heavy (non-hydrogen) atoms. The number of aromatic nitrogens is 1. The summed E-state index contributed by atoms with van der Waals surface area (Å²) in [7, 11) is -3.30. The summed E-state index contributed by atoms with van der Waals surface area (Å²) in [5, 5.41) is 1.30. The van der Waals surface area contributed by atoms with E-state index in [1.54, 1.807) is 9.96 Å². The third-order valence-electron chi connectivity index (χ3n) is 5.39. The second-order valence-corrected chi connectivity index (χ2v) is 9.60. The van der Waals surface area contributed by atoms with E-state index in [1.807, 2.05) is 6.92 Å². The molecular weight excluding hydrogens is 395 g/mol. The minimum absolute atomic E-state index is 0.0689. The van der Waals surface area contributed by atoms with E-state index in [9.17, 15) is 21.6 Å². The molecule has 1 aromatic heterocycles. The number of sulfone groups is 1. The standard InChI is InChI=1S/C18H26F3N3O3S/c1-2-27-24-9-3-4-15(24)13-28(25,26)16-6-10-23(11-7-16)17-12-14(5-8-22-17)18(19,20)21/h5,8,12,15-16H,2-4,6-7,9-11,13H2,1H3. The van der Waals surface area contributed by atoms with Gasteiger partial charge in [0.2, 0.25) is 0 Å². The molecule has 158 valence electrons. The quantitative estimate of drug-likeness (QED) is 0.704. The summed E-state index contributed by atoms with van der Waals surface area (Å²) in [5.74, 6) is 0.309. The van der Waals surface area contributed by atoms with E-state index in [4.69, 9.17) is 4.84 Å². The molecule has 3 heterocycles. The average Bonchev–Trinajstić information content (AvgIpc) is 3.08. The Kier molecular flexibility index (Phi) is 6.51. The number of nitrogens with zero attached hydrogens (tertiary/aromatic N) is 3. The maximum absolute atomic E-state index is 12.9. The van der Waals surface area contributed by atoms with E-state index < -0.39 is 26.8 Å². The molecule has 0 aliphatic carbocycles. The highest BCUT2D eigenvalue weighted by Gasteiger charge is 2.36. The summed E-state index contributed by atoms with van der Waals surface area (Å²) in [5.41, 5.74) is -0.746. The highest BCUT2D eigenvalue weighted by atomic mass is 32.2. The smallest absolute Gasteiger partial charge is 0.357 e. The van der Waals surface area contributed by atoms with Crippen molar-refractivity contribution in [3.8, 4) is 0 Å². The van der Waals surface area contributed by atoms with E-state index >= 15 is 0 Å². The van der Waals surface area contributed by atoms with Crippen LogP contribution in [0.3, 0.4) is 0 Å². The first-order valence-electron chi connectivity index (χ1n) is 9.60. The molecule has 2 aliphatic heterocycles. The molecule has 0 aromatic carbocycles. The molecule has 1 aromatic rings. The number of hydrogen-bond acceptors (Lipinski definition) is 6. The van der Waals surface area contributed by atoms with Crippen LogP contribution in [0.4, 0.5) is 19.0 Å². The van der Waals surface area contributed by atoms with Gasteiger partial charge in [-0.2, -0.15) is 18.2 Å². The lowest BCUT2D eigenvalue weighted by Gasteiger charge is -2.33. The lowest BCUT2D eigenvalue weighted by Crippen LogP contribution is -2.43. The second kappa shape index (κ2) is 8.54. The van der Waals surface area contributed by atoms with E-state index in [0.29, 0.717) is 32.5 Å². The Morgan fingerprint density at radius 2 is 1.93 bits per heavy atom. The molecule has 10 heteroatoms. The van der Waals surface area contributed by atoms with E-state index in [0.717, 1.165) is 37.7 Å². The van der Waals surface area contributed by atoms with Crippen molar-refractivity contribution < 1.29 is 26.4 Å². The molecular formula is C18H26F3N3O3S. The summed E-state index contributed by atoms with van der Waals surface area (Å²) in [6.07, 6.45) is -0.786. The van der Waals surface area contributed by atoms with E-state index in [-0.39, 0.29) is 17.6 Å². The molecule has 0 bridgehead atoms. The first kappa shape index (κ1) is 21.3. The zero-order valence-corrected chi connectivity index (χ0v) is 16.7. The minimum atomic E-state index is -4.42. The minimum Gasteiger partial charge on any atom is -0.357 e. The number of pyridine rings is 1. The third-order valence-corrected chi connectivity index (χ3v) is 7.73. The molecule has 0 amide bonds. The molecule has 3 rings (SSSR count). The fourth-order valence-corrected chi connectivity index (χ4v) is 6.00. The van der Waals surface area contributed by atoms with Crippen molar-refractivity contribution in [1.29, 1.82) is 0 Å². The van der Waals surface area contributed by atoms with Crippen LogP contribution in [0.15, 0.2) is 18.3 Å². The summed E-state index contributed by atoms with van der Waals surface area (Å²) in [6.45, 7) is 3.88. The Balaban J connectivity index is 1.60. The van der Waals surface area contributed by atoms with Crippen molar-refractivity contribution in [2.45, 2.75) is 50.1 Å². The van der Waals surface area contributed by atoms with Crippen LogP contribution < -0.4 is 4.90 Å². The molecule has 0 spiro atoms. The van der Waals surface area contributed by atoms with Gasteiger partial charge in [-0.05, 0) is 44.7 Å². The number of halogens is 3. The van der Waals surface area contributed by atoms with Gasteiger partial charge in [-0.25, -0.2) is 13.4 Å². The fraction of sp³-hybridized carbons (Fsp3) is 0.722. The average molecular weight is 421 g/mol. The van der Waals surface area contributed by atoms with Crippen molar-refractivity contribution in [2.24, 2.45) is 0 Å². The molecule has 2 aliphatic rings. The van der Waals surface area contributed by atoms with E-state index in [2.05, 4.69) is 4.98 Å². The van der Waals surface area contributed by atoms with Crippen molar-refractivity contribution >= 4 is 15.7 Å². The topological polar surface area (TPSA) is 62.7 Å². The fourth-order valence-electron chi connectivity index (χ4n) is 3.93. The Bertz CT molecular complexity index is 765. The molecule has 0 N–H and O–H groups in total. The van der Waals surface area contributed by atoms with Gasteiger partial charge in [-0.15, -0.1) is 0 Å². The lowest BCUT2D eigenvalue weighted by atomic mass is 10.1. The van der Waals surface area contributed by atoms with Crippen molar-refractivity contribution in [1.82, 2.24) is 10.0 Å². The number of alkyl halides is 3. The molecule has 0 saturated carbocycles. The summed E-state index contributed by atoms with van der Waals surface area (Å²) in [4.78, 5) is 11.3. The lowest BCUT2D eigenvalue weighted by molar-refractivity contribution is -0.159. The summed E-state index contributed by atoms with van der Waals surface area (Å²) < 4.78 is 64.4. The first-order chi connectivity index (χ1) is 13.2. The summed E-state index contributed by atoms with van der Waals surface area (Å²) >= 11 is 0. The van der Waals surface area contributed by atoms with Gasteiger partial charge in [0.1, 0.15) is 5.82 Å². The highest BCUT2D eigenvalue weighted by Crippen LogP contribution is 2.32. The largest absolute Gasteiger partial charge is 0.416 e. The Morgan fingerprint density at radius 3 is 2.57 bits per heavy atom. The molecule has 2 fully saturated rings. The monoisotopic (exact) mass is 421 g/mol. The zero-order valence-electron chi connectivity index (χ0n) is 15.9. The number of hydroxylamine groups is 2. The Labute approximate surface area is 163 Å². The van der Waals surface area contributed by atoms with E-state index in [1.165, 1.54) is 0 Å². The van der Waals surface area contributed by atoms with Crippen LogP contribution in [0.25, 0.3) is 0 Å². The van der Waals surface area contributed by atoms with Crippen LogP contribution in [0.1, 0.15) is 38.2 Å². The first-order valence-corrected chi connectivity index (χ1v) is 11.3. The van der Waals surface area contributed by atoms with Crippen molar-refractivity contribution in [3.05, 3.63) is 23.9 Å². The predicted molar refractivity (Wildman–Crippen MR) is 99.6 cm³/mol. The van der Waals surface area contributed by atoms with Gasteiger partial charge >= 0.3 is 6.18 Å². The van der Waals surface area contributed by atoms with Gasteiger partial charge in [-0.1, -0.05) is 0 Å². The zero-order chi connectivity index (χ0) is 20.4. The molecule has 6 nitrogen and oxygen atoms in total. The van der Waals surface area contributed by atoms with Gasteiger partial charge in [-0.3, -0.25) is 4.84 Å². The number of anilines is 1. The number of piperidine rings is 1. The SMILES string of the molecule is CCON1CCCC1CS(=O)(=O)C1CCN(c2cc(C(F)(F)F)ccn2)CC1. The number of hydrogen-bond donors (Lipinski definition) is 0. The van der Waals surface area contributed by atoms with Crippen molar-refractivity contribution in [3.63, 3.8) is 0 Å². The molecule has 1 atom stereocenters. The normalized spacial score (nSPS) is 22.7. The maximum atomic E-state index is 12.9. The van der Waals surface area contributed by atoms with Crippen LogP contribution >= 0.6 is 0 Å². The van der Waals surface area contributed by atoms with Crippen LogP contribution in [-0.4, -0.2) is 61.8 Å². The van der Waals surface area contributed by atoms with Crippen LogP contribution in [0, 0.1) is 0 Å². The van der Waals surface area contributed by atoms with Gasteiger partial charge in [0.05, 0.1) is 23.2 Å².